The number of fused-ring (bicyclic) bond motifs is 1. The fourth-order valence-electron chi connectivity index (χ4n) is 2.29. The molecule has 2 aromatic heterocycles. The Morgan fingerprint density at radius 1 is 1.46 bits per heavy atom. The van der Waals surface area contributed by atoms with Gasteiger partial charge in [0.2, 0.25) is 0 Å². The Labute approximate surface area is 139 Å². The summed E-state index contributed by atoms with van der Waals surface area (Å²) < 4.78 is 33.4. The van der Waals surface area contributed by atoms with Gasteiger partial charge in [-0.2, -0.15) is 0 Å². The molecule has 124 valence electrons. The maximum Gasteiger partial charge on any atom is 0.335 e. The second-order valence-electron chi connectivity index (χ2n) is 4.99. The first kappa shape index (κ1) is 16.1. The van der Waals surface area contributed by atoms with Crippen molar-refractivity contribution in [3.8, 4) is 11.3 Å². The van der Waals surface area contributed by atoms with Gasteiger partial charge in [0.05, 0.1) is 24.6 Å². The molecule has 0 radical (unpaired) electrons. The standard InChI is InChI=1S/C16H12F2N2O3S/c1-23-7-9(15(21)22)4-11-8-24-16-19-14(6-20(11)16)12-3-2-10(17)5-13(12)18/h2-3,5-8H,4H2,1H3,(H,21,22). The fraction of sp³-hybridized carbons (Fsp3) is 0.125. The molecule has 5 nitrogen and oxygen atoms in total. The average Bonchev–Trinajstić information content (AvgIpc) is 3.08. The van der Waals surface area contributed by atoms with E-state index in [0.717, 1.165) is 12.1 Å². The lowest BCUT2D eigenvalue weighted by atomic mass is 10.1. The maximum absolute atomic E-state index is 13.9. The number of benzene rings is 1. The van der Waals surface area contributed by atoms with Crippen LogP contribution in [0.5, 0.6) is 0 Å². The maximum atomic E-state index is 13.9. The molecule has 2 heterocycles. The Balaban J connectivity index is 2.00. The summed E-state index contributed by atoms with van der Waals surface area (Å²) >= 11 is 1.30. The lowest BCUT2D eigenvalue weighted by molar-refractivity contribution is -0.132. The zero-order chi connectivity index (χ0) is 17.3. The molecule has 0 aliphatic rings. The van der Waals surface area contributed by atoms with E-state index in [9.17, 15) is 13.6 Å². The van der Waals surface area contributed by atoms with Crippen LogP contribution >= 0.6 is 11.3 Å². The first-order valence-corrected chi connectivity index (χ1v) is 7.73. The number of ether oxygens (including phenoxy) is 1. The van der Waals surface area contributed by atoms with Gasteiger partial charge in [-0.25, -0.2) is 18.6 Å². The van der Waals surface area contributed by atoms with Crippen molar-refractivity contribution in [1.29, 1.82) is 0 Å². The van der Waals surface area contributed by atoms with E-state index in [1.807, 2.05) is 0 Å². The van der Waals surface area contributed by atoms with Gasteiger partial charge in [0.1, 0.15) is 11.6 Å². The van der Waals surface area contributed by atoms with E-state index in [1.165, 1.54) is 30.8 Å². The van der Waals surface area contributed by atoms with Crippen molar-refractivity contribution in [3.63, 3.8) is 0 Å². The lowest BCUT2D eigenvalue weighted by Crippen LogP contribution is -2.05. The average molecular weight is 350 g/mol. The molecule has 24 heavy (non-hydrogen) atoms. The van der Waals surface area contributed by atoms with Gasteiger partial charge in [0, 0.05) is 35.3 Å². The van der Waals surface area contributed by atoms with Gasteiger partial charge in [-0.15, -0.1) is 11.3 Å². The summed E-state index contributed by atoms with van der Waals surface area (Å²) in [6, 6.07) is 3.29. The van der Waals surface area contributed by atoms with Gasteiger partial charge in [-0.05, 0) is 12.1 Å². The third kappa shape index (κ3) is 3.00. The van der Waals surface area contributed by atoms with E-state index in [1.54, 1.807) is 16.0 Å². The summed E-state index contributed by atoms with van der Waals surface area (Å²) in [5.74, 6) is -2.44. The molecule has 0 spiro atoms. The minimum atomic E-state index is -1.08. The zero-order valence-electron chi connectivity index (χ0n) is 12.5. The minimum Gasteiger partial charge on any atom is -0.504 e. The van der Waals surface area contributed by atoms with Crippen LogP contribution in [0.25, 0.3) is 16.2 Å². The van der Waals surface area contributed by atoms with Gasteiger partial charge in [0.15, 0.2) is 4.96 Å². The number of carboxylic acids is 1. The van der Waals surface area contributed by atoms with E-state index in [0.29, 0.717) is 16.3 Å². The zero-order valence-corrected chi connectivity index (χ0v) is 13.3. The molecular weight excluding hydrogens is 338 g/mol. The van der Waals surface area contributed by atoms with E-state index in [4.69, 9.17) is 9.84 Å². The number of aromatic nitrogens is 2. The third-order valence-corrected chi connectivity index (χ3v) is 4.29. The molecule has 8 heteroatoms. The van der Waals surface area contributed by atoms with Gasteiger partial charge in [0.25, 0.3) is 0 Å². The number of hydrogen-bond acceptors (Lipinski definition) is 4. The summed E-state index contributed by atoms with van der Waals surface area (Å²) in [6.07, 6.45) is 2.90. The number of nitrogens with zero attached hydrogens (tertiary/aromatic N) is 2. The predicted octanol–water partition coefficient (Wildman–Crippen LogP) is 3.50. The highest BCUT2D eigenvalue weighted by Gasteiger charge is 2.16. The SMILES string of the molecule is COC=C(Cc1csc2nc(-c3ccc(F)cc3F)cn12)C(=O)O. The van der Waals surface area contributed by atoms with Crippen LogP contribution in [0.1, 0.15) is 5.69 Å². The van der Waals surface area contributed by atoms with E-state index in [-0.39, 0.29) is 17.6 Å². The molecule has 0 aliphatic heterocycles. The second kappa shape index (κ2) is 6.40. The molecule has 0 saturated carbocycles. The summed E-state index contributed by atoms with van der Waals surface area (Å²) in [6.45, 7) is 0. The molecule has 0 saturated heterocycles. The topological polar surface area (TPSA) is 63.8 Å². The Bertz CT molecular complexity index is 946. The van der Waals surface area contributed by atoms with Crippen molar-refractivity contribution in [2.24, 2.45) is 0 Å². The molecule has 0 fully saturated rings. The fourth-order valence-corrected chi connectivity index (χ4v) is 3.16. The summed E-state index contributed by atoms with van der Waals surface area (Å²) in [5.41, 5.74) is 1.31. The van der Waals surface area contributed by atoms with Gasteiger partial charge in [-0.3, -0.25) is 4.40 Å². The van der Waals surface area contributed by atoms with Crippen molar-refractivity contribution in [2.45, 2.75) is 6.42 Å². The molecular formula is C16H12F2N2O3S. The highest BCUT2D eigenvalue weighted by atomic mass is 32.1. The monoisotopic (exact) mass is 350 g/mol. The highest BCUT2D eigenvalue weighted by Crippen LogP contribution is 2.27. The summed E-state index contributed by atoms with van der Waals surface area (Å²) in [5, 5.41) is 10.9. The van der Waals surface area contributed by atoms with Crippen molar-refractivity contribution in [3.05, 3.63) is 58.9 Å². The van der Waals surface area contributed by atoms with E-state index >= 15 is 0 Å². The Hall–Kier alpha value is -2.74. The number of thiazole rings is 1. The van der Waals surface area contributed by atoms with Gasteiger partial charge in [-0.1, -0.05) is 0 Å². The number of imidazole rings is 1. The molecule has 0 aliphatic carbocycles. The van der Waals surface area contributed by atoms with Crippen molar-refractivity contribution in [1.82, 2.24) is 9.38 Å². The molecule has 0 unspecified atom stereocenters. The van der Waals surface area contributed by atoms with Crippen LogP contribution in [0, 0.1) is 11.6 Å². The lowest BCUT2D eigenvalue weighted by Gasteiger charge is -2.02. The van der Waals surface area contributed by atoms with Crippen LogP contribution in [-0.4, -0.2) is 27.6 Å². The Kier molecular flexibility index (Phi) is 4.30. The van der Waals surface area contributed by atoms with Gasteiger partial charge < -0.3 is 9.84 Å². The molecule has 1 aromatic carbocycles. The Morgan fingerprint density at radius 3 is 2.92 bits per heavy atom. The van der Waals surface area contributed by atoms with Gasteiger partial charge >= 0.3 is 5.97 Å². The molecule has 1 N–H and O–H groups in total. The van der Waals surface area contributed by atoms with E-state index in [2.05, 4.69) is 4.98 Å². The van der Waals surface area contributed by atoms with Crippen LogP contribution in [0.3, 0.4) is 0 Å². The number of rotatable bonds is 5. The normalized spacial score (nSPS) is 11.9. The van der Waals surface area contributed by atoms with Crippen LogP contribution in [-0.2, 0) is 16.0 Å². The number of aliphatic carboxylic acids is 1. The number of methoxy groups -OCH3 is 1. The molecule has 0 bridgehead atoms. The number of hydrogen-bond donors (Lipinski definition) is 1. The first-order valence-electron chi connectivity index (χ1n) is 6.85. The first-order chi connectivity index (χ1) is 11.5. The predicted molar refractivity (Wildman–Crippen MR) is 84.9 cm³/mol. The Morgan fingerprint density at radius 2 is 2.25 bits per heavy atom. The molecule has 0 atom stereocenters. The molecule has 0 amide bonds. The second-order valence-corrected chi connectivity index (χ2v) is 5.83. The quantitative estimate of drug-likeness (QED) is 0.565. The summed E-state index contributed by atoms with van der Waals surface area (Å²) in [7, 11) is 1.37. The largest absolute Gasteiger partial charge is 0.504 e. The van der Waals surface area contributed by atoms with Crippen molar-refractivity contribution < 1.29 is 23.4 Å². The van der Waals surface area contributed by atoms with Crippen LogP contribution < -0.4 is 0 Å². The molecule has 3 rings (SSSR count). The van der Waals surface area contributed by atoms with Crippen LogP contribution in [0.4, 0.5) is 8.78 Å². The van der Waals surface area contributed by atoms with Crippen LogP contribution in [0.2, 0.25) is 0 Å². The number of halogens is 2. The van der Waals surface area contributed by atoms with Crippen LogP contribution in [0.15, 0.2) is 41.6 Å². The third-order valence-electron chi connectivity index (χ3n) is 3.40. The smallest absolute Gasteiger partial charge is 0.335 e. The van der Waals surface area contributed by atoms with E-state index < -0.39 is 17.6 Å². The highest BCUT2D eigenvalue weighted by molar-refractivity contribution is 7.15. The summed E-state index contributed by atoms with van der Waals surface area (Å²) in [4.78, 5) is 16.1. The van der Waals surface area contributed by atoms with Crippen molar-refractivity contribution in [2.75, 3.05) is 7.11 Å². The molecule has 3 aromatic rings. The number of carbonyl (C=O) groups is 1. The van der Waals surface area contributed by atoms with Crippen molar-refractivity contribution >= 4 is 22.3 Å². The number of carboxylic acid groups (broad SMARTS) is 1. The minimum absolute atomic E-state index is 0.0837.